The van der Waals surface area contributed by atoms with Crippen molar-refractivity contribution < 1.29 is 5.11 Å². The van der Waals surface area contributed by atoms with Crippen molar-refractivity contribution >= 4 is 0 Å². The summed E-state index contributed by atoms with van der Waals surface area (Å²) in [7, 11) is 0. The van der Waals surface area contributed by atoms with Crippen LogP contribution < -0.4 is 11.4 Å². The van der Waals surface area contributed by atoms with E-state index in [2.05, 4.69) is 10.2 Å². The van der Waals surface area contributed by atoms with Gasteiger partial charge in [-0.15, -0.1) is 0 Å². The number of aliphatic hydroxyl groups is 1. The lowest BCUT2D eigenvalue weighted by Crippen LogP contribution is -2.38. The smallest absolute Gasteiger partial charge is 0.344 e. The molecule has 80 valence electrons. The van der Waals surface area contributed by atoms with Gasteiger partial charge in [0.2, 0.25) is 0 Å². The first kappa shape index (κ1) is 10.8. The molecule has 0 amide bonds. The fraction of sp³-hybridized carbons (Fsp3) is 0.750. The number of nitrogens with zero attached hydrogens (tertiary/aromatic N) is 1. The number of rotatable bonds is 4. The van der Waals surface area contributed by atoms with Crippen molar-refractivity contribution in [3.05, 3.63) is 21.0 Å². The number of aromatic amines is 2. The quantitative estimate of drug-likeness (QED) is 0.608. The molecule has 6 heteroatoms. The highest BCUT2D eigenvalue weighted by atomic mass is 16.3. The van der Waals surface area contributed by atoms with Crippen LogP contribution in [-0.2, 0) is 6.54 Å². The summed E-state index contributed by atoms with van der Waals surface area (Å²) in [6.45, 7) is 3.55. The highest BCUT2D eigenvalue weighted by Gasteiger charge is 2.21. The van der Waals surface area contributed by atoms with Crippen molar-refractivity contribution in [1.82, 2.24) is 14.8 Å². The van der Waals surface area contributed by atoms with Crippen molar-refractivity contribution in [2.45, 2.75) is 38.8 Å². The normalized spacial score (nSPS) is 15.4. The molecule has 1 rings (SSSR count). The molecule has 1 atom stereocenters. The van der Waals surface area contributed by atoms with Gasteiger partial charge in [-0.1, -0.05) is 13.3 Å². The molecule has 0 radical (unpaired) electrons. The summed E-state index contributed by atoms with van der Waals surface area (Å²) >= 11 is 0. The van der Waals surface area contributed by atoms with Gasteiger partial charge in [0, 0.05) is 0 Å². The second kappa shape index (κ2) is 3.83. The predicted molar refractivity (Wildman–Crippen MR) is 51.2 cm³/mol. The van der Waals surface area contributed by atoms with E-state index < -0.39 is 17.0 Å². The maximum absolute atomic E-state index is 11.1. The Morgan fingerprint density at radius 3 is 2.29 bits per heavy atom. The van der Waals surface area contributed by atoms with Crippen LogP contribution in [0.3, 0.4) is 0 Å². The Morgan fingerprint density at radius 2 is 1.86 bits per heavy atom. The fourth-order valence-corrected chi connectivity index (χ4v) is 1.44. The molecule has 0 aliphatic carbocycles. The van der Waals surface area contributed by atoms with Crippen molar-refractivity contribution in [1.29, 1.82) is 0 Å². The van der Waals surface area contributed by atoms with Crippen LogP contribution in [0.15, 0.2) is 9.59 Å². The van der Waals surface area contributed by atoms with Gasteiger partial charge in [-0.3, -0.25) is 0 Å². The summed E-state index contributed by atoms with van der Waals surface area (Å²) in [5, 5.41) is 14.1. The molecular weight excluding hydrogens is 186 g/mol. The molecule has 1 aromatic rings. The molecule has 3 N–H and O–H groups in total. The van der Waals surface area contributed by atoms with Crippen LogP contribution in [0.4, 0.5) is 0 Å². The molecule has 1 aromatic heterocycles. The maximum atomic E-state index is 11.1. The van der Waals surface area contributed by atoms with Crippen LogP contribution in [0, 0.1) is 0 Å². The first-order chi connectivity index (χ1) is 6.46. The Labute approximate surface area is 80.6 Å². The summed E-state index contributed by atoms with van der Waals surface area (Å²) in [4.78, 5) is 22.2. The van der Waals surface area contributed by atoms with Gasteiger partial charge in [0.1, 0.15) is 0 Å². The number of aromatic nitrogens is 3. The van der Waals surface area contributed by atoms with Gasteiger partial charge in [0.15, 0.2) is 0 Å². The minimum atomic E-state index is -1.02. The zero-order valence-electron chi connectivity index (χ0n) is 8.33. The van der Waals surface area contributed by atoms with Gasteiger partial charge in [0.25, 0.3) is 0 Å². The van der Waals surface area contributed by atoms with Crippen LogP contribution in [0.1, 0.15) is 26.7 Å². The Bertz CT molecular complexity index is 371. The molecule has 0 spiro atoms. The van der Waals surface area contributed by atoms with Crippen molar-refractivity contribution in [3.63, 3.8) is 0 Å². The number of hydrogen-bond donors (Lipinski definition) is 3. The van der Waals surface area contributed by atoms with Crippen LogP contribution in [0.2, 0.25) is 0 Å². The zero-order valence-corrected chi connectivity index (χ0v) is 8.33. The summed E-state index contributed by atoms with van der Waals surface area (Å²) < 4.78 is 0.954. The van der Waals surface area contributed by atoms with Crippen molar-refractivity contribution in [3.8, 4) is 0 Å². The van der Waals surface area contributed by atoms with Crippen LogP contribution in [-0.4, -0.2) is 25.5 Å². The standard InChI is InChI=1S/C8H15N3O3/c1-3-4-8(2,14)5-11-6(12)9-10-7(11)13/h14H,3-5H2,1-2H3,(H,9,12)(H,10,13). The lowest BCUT2D eigenvalue weighted by atomic mass is 10.0. The topological polar surface area (TPSA) is 90.9 Å². The van der Waals surface area contributed by atoms with Crippen LogP contribution >= 0.6 is 0 Å². The predicted octanol–water partition coefficient (Wildman–Crippen LogP) is -0.584. The lowest BCUT2D eigenvalue weighted by molar-refractivity contribution is 0.0306. The monoisotopic (exact) mass is 201 g/mol. The van der Waals surface area contributed by atoms with Crippen molar-refractivity contribution in [2.75, 3.05) is 0 Å². The number of H-pyrrole nitrogens is 2. The molecule has 0 saturated carbocycles. The second-order valence-corrected chi connectivity index (χ2v) is 3.69. The summed E-state index contributed by atoms with van der Waals surface area (Å²) in [5.41, 5.74) is -2.06. The third-order valence-electron chi connectivity index (χ3n) is 2.05. The second-order valence-electron chi connectivity index (χ2n) is 3.69. The largest absolute Gasteiger partial charge is 0.388 e. The van der Waals surface area contributed by atoms with Crippen LogP contribution in [0.25, 0.3) is 0 Å². The average molecular weight is 201 g/mol. The molecule has 0 aliphatic rings. The highest BCUT2D eigenvalue weighted by molar-refractivity contribution is 4.76. The van der Waals surface area contributed by atoms with Gasteiger partial charge in [-0.05, 0) is 13.3 Å². The number of hydrogen-bond acceptors (Lipinski definition) is 3. The van der Waals surface area contributed by atoms with E-state index in [0.29, 0.717) is 6.42 Å². The Morgan fingerprint density at radius 1 is 1.36 bits per heavy atom. The average Bonchev–Trinajstić information content (AvgIpc) is 2.35. The van der Waals surface area contributed by atoms with E-state index in [1.807, 2.05) is 6.92 Å². The molecule has 0 saturated heterocycles. The Hall–Kier alpha value is -1.30. The molecule has 0 bridgehead atoms. The summed E-state index contributed by atoms with van der Waals surface area (Å²) in [6.07, 6.45) is 1.34. The maximum Gasteiger partial charge on any atom is 0.344 e. The first-order valence-corrected chi connectivity index (χ1v) is 4.56. The molecule has 14 heavy (non-hydrogen) atoms. The van der Waals surface area contributed by atoms with E-state index in [1.54, 1.807) is 6.92 Å². The SMILES string of the molecule is CCCC(C)(O)Cn1c(=O)[nH][nH]c1=O. The van der Waals surface area contributed by atoms with Gasteiger partial charge >= 0.3 is 11.4 Å². The van der Waals surface area contributed by atoms with E-state index >= 15 is 0 Å². The van der Waals surface area contributed by atoms with Crippen LogP contribution in [0.5, 0.6) is 0 Å². The van der Waals surface area contributed by atoms with Gasteiger partial charge in [0.05, 0.1) is 12.1 Å². The van der Waals surface area contributed by atoms with E-state index in [4.69, 9.17) is 0 Å². The minimum absolute atomic E-state index is 0.0124. The molecule has 1 heterocycles. The highest BCUT2D eigenvalue weighted by Crippen LogP contribution is 2.12. The summed E-state index contributed by atoms with van der Waals surface area (Å²) in [6, 6.07) is 0. The third kappa shape index (κ3) is 2.35. The van der Waals surface area contributed by atoms with Gasteiger partial charge < -0.3 is 5.11 Å². The molecule has 1 unspecified atom stereocenters. The van der Waals surface area contributed by atoms with E-state index in [1.165, 1.54) is 0 Å². The Kier molecular flexibility index (Phi) is 2.95. The Balaban J connectivity index is 2.88. The first-order valence-electron chi connectivity index (χ1n) is 4.56. The number of nitrogens with one attached hydrogen (secondary N) is 2. The van der Waals surface area contributed by atoms with Crippen molar-refractivity contribution in [2.24, 2.45) is 0 Å². The zero-order chi connectivity index (χ0) is 10.8. The molecule has 6 nitrogen and oxygen atoms in total. The molecule has 0 aliphatic heterocycles. The molecule has 0 aromatic carbocycles. The third-order valence-corrected chi connectivity index (χ3v) is 2.05. The minimum Gasteiger partial charge on any atom is -0.388 e. The molecular formula is C8H15N3O3. The van der Waals surface area contributed by atoms with Gasteiger partial charge in [-0.25, -0.2) is 24.4 Å². The lowest BCUT2D eigenvalue weighted by Gasteiger charge is -2.21. The van der Waals surface area contributed by atoms with E-state index in [-0.39, 0.29) is 6.54 Å². The molecule has 0 fully saturated rings. The fourth-order valence-electron chi connectivity index (χ4n) is 1.44. The van der Waals surface area contributed by atoms with Gasteiger partial charge in [-0.2, -0.15) is 0 Å². The van der Waals surface area contributed by atoms with E-state index in [0.717, 1.165) is 11.0 Å². The van der Waals surface area contributed by atoms with E-state index in [9.17, 15) is 14.7 Å². The summed E-state index contributed by atoms with van der Waals surface area (Å²) in [5.74, 6) is 0.